The van der Waals surface area contributed by atoms with Crippen molar-refractivity contribution in [3.8, 4) is 11.3 Å². The lowest BCUT2D eigenvalue weighted by Gasteiger charge is -2.28. The molecule has 2 aliphatic rings. The van der Waals surface area contributed by atoms with E-state index in [-0.39, 0.29) is 24.3 Å². The second-order valence-electron chi connectivity index (χ2n) is 10.1. The van der Waals surface area contributed by atoms with Crippen LogP contribution in [0.25, 0.3) is 22.2 Å². The number of carbonyl (C=O) groups is 3. The molecule has 0 aliphatic carbocycles. The van der Waals surface area contributed by atoms with Gasteiger partial charge in [0, 0.05) is 35.5 Å². The zero-order chi connectivity index (χ0) is 25.4. The number of amides is 3. The SMILES string of the molecule is CC(C)(C)OC(=O)N1CCC[C@H]1CC(=O)Nn1c(-c2ccccc2)c2c3c(cccc31)C(=O)NN=C2. The summed E-state index contributed by atoms with van der Waals surface area (Å²) in [6, 6.07) is 14.8. The monoisotopic (exact) mass is 487 g/mol. The molecular weight excluding hydrogens is 458 g/mol. The molecule has 0 unspecified atom stereocenters. The van der Waals surface area contributed by atoms with E-state index in [1.165, 1.54) is 0 Å². The Morgan fingerprint density at radius 2 is 1.92 bits per heavy atom. The maximum absolute atomic E-state index is 13.4. The van der Waals surface area contributed by atoms with Crippen LogP contribution in [0, 0.1) is 0 Å². The van der Waals surface area contributed by atoms with E-state index in [9.17, 15) is 14.4 Å². The molecule has 1 atom stereocenters. The summed E-state index contributed by atoms with van der Waals surface area (Å²) in [4.78, 5) is 40.3. The predicted molar refractivity (Wildman–Crippen MR) is 137 cm³/mol. The second-order valence-corrected chi connectivity index (χ2v) is 10.1. The van der Waals surface area contributed by atoms with Crippen molar-refractivity contribution in [2.75, 3.05) is 12.0 Å². The molecule has 186 valence electrons. The van der Waals surface area contributed by atoms with Crippen molar-refractivity contribution in [1.82, 2.24) is 15.0 Å². The summed E-state index contributed by atoms with van der Waals surface area (Å²) >= 11 is 0. The predicted octanol–water partition coefficient (Wildman–Crippen LogP) is 4.25. The Kier molecular flexibility index (Phi) is 5.99. The van der Waals surface area contributed by atoms with Gasteiger partial charge < -0.3 is 9.64 Å². The fourth-order valence-corrected chi connectivity index (χ4v) is 4.89. The molecule has 2 aromatic carbocycles. The first-order chi connectivity index (χ1) is 17.2. The van der Waals surface area contributed by atoms with Crippen molar-refractivity contribution in [1.29, 1.82) is 0 Å². The van der Waals surface area contributed by atoms with Crippen LogP contribution in [-0.4, -0.2) is 51.9 Å². The standard InChI is InChI=1S/C27H29N5O4/c1-27(2,3)36-26(35)31-14-8-11-18(31)15-22(33)30-32-21-13-7-12-19-23(21)20(16-28-29-25(19)34)24(32)17-9-5-4-6-10-17/h4-7,9-10,12-13,16,18H,8,11,14-15H2,1-3H3,(H,29,34)(H,30,33)/t18-/m0/s1. The number of hydrogen-bond acceptors (Lipinski definition) is 5. The molecule has 3 aromatic rings. The van der Waals surface area contributed by atoms with E-state index in [0.29, 0.717) is 23.0 Å². The van der Waals surface area contributed by atoms with Crippen molar-refractivity contribution < 1.29 is 19.1 Å². The summed E-state index contributed by atoms with van der Waals surface area (Å²) in [5.41, 5.74) is 8.48. The topological polar surface area (TPSA) is 105 Å². The first-order valence-electron chi connectivity index (χ1n) is 12.1. The maximum Gasteiger partial charge on any atom is 0.410 e. The minimum atomic E-state index is -0.603. The summed E-state index contributed by atoms with van der Waals surface area (Å²) in [5, 5.41) is 4.82. The lowest BCUT2D eigenvalue weighted by molar-refractivity contribution is -0.118. The normalized spacial score (nSPS) is 17.1. The number of likely N-dealkylation sites (tertiary alicyclic amines) is 1. The first-order valence-corrected chi connectivity index (χ1v) is 12.1. The van der Waals surface area contributed by atoms with Gasteiger partial charge >= 0.3 is 6.09 Å². The molecule has 0 saturated carbocycles. The average molecular weight is 488 g/mol. The van der Waals surface area contributed by atoms with E-state index in [1.54, 1.807) is 27.9 Å². The number of benzene rings is 2. The summed E-state index contributed by atoms with van der Waals surface area (Å²) in [5.74, 6) is -0.544. The minimum absolute atomic E-state index is 0.136. The van der Waals surface area contributed by atoms with Gasteiger partial charge in [0.15, 0.2) is 0 Å². The van der Waals surface area contributed by atoms with Gasteiger partial charge in [0.25, 0.3) is 5.91 Å². The summed E-state index contributed by atoms with van der Waals surface area (Å²) in [6.07, 6.45) is 2.90. The van der Waals surface area contributed by atoms with Gasteiger partial charge in [-0.05, 0) is 45.7 Å². The van der Waals surface area contributed by atoms with E-state index in [4.69, 9.17) is 4.74 Å². The fraction of sp³-hybridized carbons (Fsp3) is 0.333. The Balaban J connectivity index is 1.50. The number of ether oxygens (including phenoxy) is 1. The van der Waals surface area contributed by atoms with Crippen LogP contribution >= 0.6 is 0 Å². The van der Waals surface area contributed by atoms with Gasteiger partial charge in [0.2, 0.25) is 5.91 Å². The number of aromatic nitrogens is 1. The third-order valence-electron chi connectivity index (χ3n) is 6.35. The maximum atomic E-state index is 13.4. The second kappa shape index (κ2) is 9.14. The quantitative estimate of drug-likeness (QED) is 0.574. The molecule has 3 amide bonds. The number of rotatable bonds is 4. The van der Waals surface area contributed by atoms with Crippen LogP contribution in [0.3, 0.4) is 0 Å². The van der Waals surface area contributed by atoms with E-state index in [1.807, 2.05) is 57.2 Å². The molecule has 1 aromatic heterocycles. The smallest absolute Gasteiger partial charge is 0.410 e. The van der Waals surface area contributed by atoms with Crippen LogP contribution < -0.4 is 10.9 Å². The third kappa shape index (κ3) is 4.44. The van der Waals surface area contributed by atoms with Crippen LogP contribution in [0.15, 0.2) is 53.6 Å². The molecule has 9 heteroatoms. The Bertz CT molecular complexity index is 1370. The molecule has 9 nitrogen and oxygen atoms in total. The minimum Gasteiger partial charge on any atom is -0.444 e. The van der Waals surface area contributed by atoms with Crippen molar-refractivity contribution in [3.05, 3.63) is 59.7 Å². The van der Waals surface area contributed by atoms with E-state index in [0.717, 1.165) is 29.7 Å². The summed E-state index contributed by atoms with van der Waals surface area (Å²) in [7, 11) is 0. The molecule has 0 radical (unpaired) electrons. The van der Waals surface area contributed by atoms with E-state index >= 15 is 0 Å². The van der Waals surface area contributed by atoms with Crippen molar-refractivity contribution in [2.24, 2.45) is 5.10 Å². The molecule has 3 heterocycles. The Morgan fingerprint density at radius 3 is 2.67 bits per heavy atom. The van der Waals surface area contributed by atoms with Crippen LogP contribution in [0.5, 0.6) is 0 Å². The largest absolute Gasteiger partial charge is 0.444 e. The molecule has 5 rings (SSSR count). The lowest BCUT2D eigenvalue weighted by atomic mass is 10.0. The number of nitrogens with zero attached hydrogens (tertiary/aromatic N) is 3. The number of carbonyl (C=O) groups excluding carboxylic acids is 3. The van der Waals surface area contributed by atoms with Gasteiger partial charge in [-0.1, -0.05) is 36.4 Å². The Morgan fingerprint density at radius 1 is 1.14 bits per heavy atom. The Labute approximate surface area is 209 Å². The highest BCUT2D eigenvalue weighted by molar-refractivity contribution is 6.17. The molecule has 0 bridgehead atoms. The van der Waals surface area contributed by atoms with E-state index in [2.05, 4.69) is 16.0 Å². The van der Waals surface area contributed by atoms with Gasteiger partial charge in [-0.3, -0.25) is 19.7 Å². The fourth-order valence-electron chi connectivity index (χ4n) is 4.89. The van der Waals surface area contributed by atoms with E-state index < -0.39 is 11.7 Å². The highest BCUT2D eigenvalue weighted by Crippen LogP contribution is 2.35. The molecule has 1 fully saturated rings. The highest BCUT2D eigenvalue weighted by Gasteiger charge is 2.34. The van der Waals surface area contributed by atoms with Crippen LogP contribution in [-0.2, 0) is 9.53 Å². The van der Waals surface area contributed by atoms with Crippen LogP contribution in [0.1, 0.15) is 56.0 Å². The van der Waals surface area contributed by atoms with Crippen molar-refractivity contribution in [2.45, 2.75) is 51.7 Å². The molecule has 36 heavy (non-hydrogen) atoms. The lowest BCUT2D eigenvalue weighted by Crippen LogP contribution is -2.41. The zero-order valence-electron chi connectivity index (χ0n) is 20.6. The van der Waals surface area contributed by atoms with Crippen molar-refractivity contribution >= 4 is 35.0 Å². The summed E-state index contributed by atoms with van der Waals surface area (Å²) in [6.45, 7) is 6.05. The molecular formula is C27H29N5O4. The number of hydrogen-bond donors (Lipinski definition) is 2. The van der Waals surface area contributed by atoms with Crippen LogP contribution in [0.4, 0.5) is 4.79 Å². The summed E-state index contributed by atoms with van der Waals surface area (Å²) < 4.78 is 7.27. The number of nitrogens with one attached hydrogen (secondary N) is 2. The molecule has 2 N–H and O–H groups in total. The first kappa shape index (κ1) is 23.6. The van der Waals surface area contributed by atoms with Gasteiger partial charge in [0.05, 0.1) is 23.0 Å². The molecule has 0 spiro atoms. The number of hydrazone groups is 1. The Hall–Kier alpha value is -4.14. The molecule has 2 aliphatic heterocycles. The molecule has 1 saturated heterocycles. The van der Waals surface area contributed by atoms with Gasteiger partial charge in [-0.25, -0.2) is 10.2 Å². The van der Waals surface area contributed by atoms with Gasteiger partial charge in [-0.15, -0.1) is 0 Å². The van der Waals surface area contributed by atoms with Crippen molar-refractivity contribution in [3.63, 3.8) is 0 Å². The van der Waals surface area contributed by atoms with Gasteiger partial charge in [-0.2, -0.15) is 5.10 Å². The zero-order valence-corrected chi connectivity index (χ0v) is 20.6. The van der Waals surface area contributed by atoms with Gasteiger partial charge in [0.1, 0.15) is 5.60 Å². The average Bonchev–Trinajstić information content (AvgIpc) is 3.36. The highest BCUT2D eigenvalue weighted by atomic mass is 16.6. The third-order valence-corrected chi connectivity index (χ3v) is 6.35. The van der Waals surface area contributed by atoms with Crippen LogP contribution in [0.2, 0.25) is 0 Å².